The number of nitrogens with one attached hydrogen (secondary N) is 1. The van der Waals surface area contributed by atoms with Gasteiger partial charge in [-0.05, 0) is 79.6 Å². The Labute approximate surface area is 218 Å². The first-order valence-electron chi connectivity index (χ1n) is 12.0. The van der Waals surface area contributed by atoms with Gasteiger partial charge in [-0.1, -0.05) is 36.4 Å². The van der Waals surface area contributed by atoms with Crippen LogP contribution in [0.2, 0.25) is 0 Å². The van der Waals surface area contributed by atoms with Crippen LogP contribution in [0.1, 0.15) is 22.3 Å². The predicted octanol–water partition coefficient (Wildman–Crippen LogP) is 5.52. The van der Waals surface area contributed by atoms with Gasteiger partial charge < -0.3 is 15.3 Å². The minimum atomic E-state index is -5.08. The molecule has 202 valence electrons. The Morgan fingerprint density at radius 3 is 2.18 bits per heavy atom. The molecule has 2 N–H and O–H groups in total. The highest BCUT2D eigenvalue weighted by molar-refractivity contribution is 6.04. The highest BCUT2D eigenvalue weighted by Gasteiger charge is 2.38. The molecule has 0 unspecified atom stereocenters. The molecule has 1 saturated heterocycles. The van der Waals surface area contributed by atoms with Crippen LogP contribution in [0.25, 0.3) is 11.1 Å². The van der Waals surface area contributed by atoms with Crippen molar-refractivity contribution in [2.45, 2.75) is 19.1 Å². The number of hydrogen-bond acceptors (Lipinski definition) is 4. The zero-order valence-corrected chi connectivity index (χ0v) is 20.8. The van der Waals surface area contributed by atoms with Gasteiger partial charge in [0.15, 0.2) is 0 Å². The quantitative estimate of drug-likeness (QED) is 0.425. The lowest BCUT2D eigenvalue weighted by Crippen LogP contribution is -2.28. The van der Waals surface area contributed by atoms with E-state index in [1.165, 1.54) is 42.8 Å². The summed E-state index contributed by atoms with van der Waals surface area (Å²) in [6, 6.07) is 22.0. The third kappa shape index (κ3) is 8.97. The molecule has 10 heteroatoms. The van der Waals surface area contributed by atoms with Crippen molar-refractivity contribution in [3.8, 4) is 11.1 Å². The van der Waals surface area contributed by atoms with Gasteiger partial charge in [0.05, 0.1) is 0 Å². The van der Waals surface area contributed by atoms with Gasteiger partial charge in [-0.25, -0.2) is 9.18 Å². The molecule has 3 aromatic carbocycles. The first kappa shape index (κ1) is 28.8. The van der Waals surface area contributed by atoms with Gasteiger partial charge in [0.25, 0.3) is 5.91 Å². The van der Waals surface area contributed by atoms with Crippen LogP contribution in [0.4, 0.5) is 23.2 Å². The van der Waals surface area contributed by atoms with E-state index in [4.69, 9.17) is 9.90 Å². The van der Waals surface area contributed by atoms with Crippen LogP contribution in [0.15, 0.2) is 72.8 Å². The first-order valence-corrected chi connectivity index (χ1v) is 12.0. The molecule has 0 spiro atoms. The molecular weight excluding hydrogens is 502 g/mol. The summed E-state index contributed by atoms with van der Waals surface area (Å²) >= 11 is 0. The molecule has 3 aromatic rings. The number of rotatable bonds is 5. The summed E-state index contributed by atoms with van der Waals surface area (Å²) in [6.07, 6.45) is -3.87. The monoisotopic (exact) mass is 531 g/mol. The van der Waals surface area contributed by atoms with E-state index < -0.39 is 12.1 Å². The second-order valence-electron chi connectivity index (χ2n) is 8.97. The molecule has 4 rings (SSSR count). The van der Waals surface area contributed by atoms with E-state index in [9.17, 15) is 22.4 Å². The summed E-state index contributed by atoms with van der Waals surface area (Å²) in [6.45, 7) is 5.51. The molecule has 0 aromatic heterocycles. The van der Waals surface area contributed by atoms with Crippen LogP contribution in [-0.4, -0.2) is 66.2 Å². The van der Waals surface area contributed by atoms with Crippen LogP contribution in [0.3, 0.4) is 0 Å². The number of anilines is 1. The Bertz CT molecular complexity index is 1220. The van der Waals surface area contributed by atoms with Gasteiger partial charge in [-0.15, -0.1) is 0 Å². The Morgan fingerprint density at radius 2 is 1.55 bits per heavy atom. The van der Waals surface area contributed by atoms with Crippen LogP contribution in [-0.2, 0) is 11.3 Å². The molecule has 38 heavy (non-hydrogen) atoms. The summed E-state index contributed by atoms with van der Waals surface area (Å²) in [7, 11) is 2.19. The third-order valence-corrected chi connectivity index (χ3v) is 5.97. The number of likely N-dealkylation sites (N-methyl/N-ethyl adjacent to an activating group) is 1. The van der Waals surface area contributed by atoms with E-state index in [2.05, 4.69) is 46.4 Å². The first-order chi connectivity index (χ1) is 18.0. The number of nitrogens with zero attached hydrogens (tertiary/aromatic N) is 2. The van der Waals surface area contributed by atoms with Crippen molar-refractivity contribution in [3.05, 3.63) is 89.7 Å². The maximum Gasteiger partial charge on any atom is 0.490 e. The molecule has 6 nitrogen and oxygen atoms in total. The van der Waals surface area contributed by atoms with Gasteiger partial charge >= 0.3 is 12.1 Å². The average Bonchev–Trinajstić information content (AvgIpc) is 3.08. The van der Waals surface area contributed by atoms with Crippen LogP contribution in [0.5, 0.6) is 0 Å². The molecule has 1 aliphatic rings. The predicted molar refractivity (Wildman–Crippen MR) is 137 cm³/mol. The maximum absolute atomic E-state index is 13.1. The van der Waals surface area contributed by atoms with Crippen LogP contribution >= 0.6 is 0 Å². The SMILES string of the molecule is CN1CCCN(Cc2ccc(-c3cccc(NC(=O)c4ccc(F)cc4)c3)cc2)CC1.O=C(O)C(F)(F)F. The van der Waals surface area contributed by atoms with E-state index in [0.717, 1.165) is 37.3 Å². The molecular formula is C28H29F4N3O3. The molecule has 1 amide bonds. The second-order valence-corrected chi connectivity index (χ2v) is 8.97. The third-order valence-electron chi connectivity index (χ3n) is 5.97. The lowest BCUT2D eigenvalue weighted by molar-refractivity contribution is -0.192. The lowest BCUT2D eigenvalue weighted by Gasteiger charge is -2.20. The average molecular weight is 532 g/mol. The summed E-state index contributed by atoms with van der Waals surface area (Å²) in [5.41, 5.74) is 4.60. The molecule has 1 fully saturated rings. The van der Waals surface area contributed by atoms with Crippen molar-refractivity contribution in [2.75, 3.05) is 38.5 Å². The number of carbonyl (C=O) groups is 2. The molecule has 0 aliphatic carbocycles. The number of carboxylic acid groups (broad SMARTS) is 1. The van der Waals surface area contributed by atoms with Gasteiger partial charge in [0.2, 0.25) is 0 Å². The number of alkyl halides is 3. The van der Waals surface area contributed by atoms with Gasteiger partial charge in [0, 0.05) is 30.9 Å². The fourth-order valence-corrected chi connectivity index (χ4v) is 3.90. The molecule has 0 saturated carbocycles. The molecule has 1 heterocycles. The minimum absolute atomic E-state index is 0.254. The zero-order chi connectivity index (χ0) is 27.7. The standard InChI is InChI=1S/C26H28FN3O.C2HF3O2/c1-29-14-3-15-30(17-16-29)19-20-6-8-21(9-7-20)23-4-2-5-25(18-23)28-26(31)22-10-12-24(27)13-11-22;3-2(4,5)1(6)7/h2,4-13,18H,3,14-17,19H2,1H3,(H,28,31);(H,6,7). The largest absolute Gasteiger partial charge is 0.490 e. The number of halogens is 4. The molecule has 0 bridgehead atoms. The number of carbonyl (C=O) groups excluding carboxylic acids is 1. The van der Waals surface area contributed by atoms with E-state index in [0.29, 0.717) is 11.3 Å². The number of aliphatic carboxylic acids is 1. The van der Waals surface area contributed by atoms with Crippen molar-refractivity contribution in [3.63, 3.8) is 0 Å². The van der Waals surface area contributed by atoms with Gasteiger partial charge in [0.1, 0.15) is 5.82 Å². The van der Waals surface area contributed by atoms with Crippen molar-refractivity contribution >= 4 is 17.6 Å². The van der Waals surface area contributed by atoms with Crippen LogP contribution in [0, 0.1) is 5.82 Å². The number of amides is 1. The topological polar surface area (TPSA) is 72.9 Å². The van der Waals surface area contributed by atoms with Gasteiger partial charge in [-0.2, -0.15) is 13.2 Å². The van der Waals surface area contributed by atoms with E-state index in [1.54, 1.807) is 0 Å². The Kier molecular flexibility index (Phi) is 9.98. The van der Waals surface area contributed by atoms with E-state index >= 15 is 0 Å². The Balaban J connectivity index is 0.000000505. The normalized spacial score (nSPS) is 14.7. The fraction of sp³-hybridized carbons (Fsp3) is 0.286. The van der Waals surface area contributed by atoms with E-state index in [-0.39, 0.29) is 11.7 Å². The highest BCUT2D eigenvalue weighted by atomic mass is 19.4. The van der Waals surface area contributed by atoms with Crippen LogP contribution < -0.4 is 5.32 Å². The summed E-state index contributed by atoms with van der Waals surface area (Å²) in [4.78, 5) is 26.2. The zero-order valence-electron chi connectivity index (χ0n) is 20.8. The van der Waals surface area contributed by atoms with E-state index in [1.807, 2.05) is 24.3 Å². The second kappa shape index (κ2) is 13.2. The van der Waals surface area contributed by atoms with Crippen molar-refractivity contribution in [2.24, 2.45) is 0 Å². The van der Waals surface area contributed by atoms with Crippen molar-refractivity contribution in [1.29, 1.82) is 0 Å². The van der Waals surface area contributed by atoms with Gasteiger partial charge in [-0.3, -0.25) is 9.69 Å². The number of benzene rings is 3. The summed E-state index contributed by atoms with van der Waals surface area (Å²) in [5, 5.41) is 10.0. The fourth-order valence-electron chi connectivity index (χ4n) is 3.90. The maximum atomic E-state index is 13.1. The van der Waals surface area contributed by atoms with Crippen molar-refractivity contribution < 1.29 is 32.3 Å². The van der Waals surface area contributed by atoms with Crippen molar-refractivity contribution in [1.82, 2.24) is 9.80 Å². The smallest absolute Gasteiger partial charge is 0.475 e. The minimum Gasteiger partial charge on any atom is -0.475 e. The number of carboxylic acids is 1. The Morgan fingerprint density at radius 1 is 0.895 bits per heavy atom. The highest BCUT2D eigenvalue weighted by Crippen LogP contribution is 2.24. The number of hydrogen-bond donors (Lipinski definition) is 2. The summed E-state index contributed by atoms with van der Waals surface area (Å²) < 4.78 is 44.8. The lowest BCUT2D eigenvalue weighted by atomic mass is 10.0. The molecule has 0 atom stereocenters. The molecule has 0 radical (unpaired) electrons. The summed E-state index contributed by atoms with van der Waals surface area (Å²) in [5.74, 6) is -3.37. The molecule has 1 aliphatic heterocycles. The Hall–Kier alpha value is -3.76.